The normalized spacial score (nSPS) is 20.4. The number of carboxylic acids is 1. The molecule has 0 unspecified atom stereocenters. The van der Waals surface area contributed by atoms with Crippen LogP contribution in [-0.4, -0.2) is 50.2 Å². The van der Waals surface area contributed by atoms with Crippen molar-refractivity contribution in [3.8, 4) is 0 Å². The number of amides is 1. The lowest BCUT2D eigenvalue weighted by atomic mass is 10.1. The van der Waals surface area contributed by atoms with Gasteiger partial charge >= 0.3 is 17.7 Å². The van der Waals surface area contributed by atoms with E-state index in [1.807, 2.05) is 0 Å². The van der Waals surface area contributed by atoms with E-state index in [-0.39, 0.29) is 6.54 Å². The zero-order valence-corrected chi connectivity index (χ0v) is 6.76. The highest BCUT2D eigenvalue weighted by atomic mass is 16.5. The molecule has 0 atom stereocenters. The second-order valence-electron chi connectivity index (χ2n) is 2.45. The lowest BCUT2D eigenvalue weighted by Crippen LogP contribution is -2.48. The predicted octanol–water partition coefficient (Wildman–Crippen LogP) is -2.03. The smallest absolute Gasteiger partial charge is 0.358 e. The van der Waals surface area contributed by atoms with Crippen molar-refractivity contribution in [3.05, 3.63) is 0 Å². The molecule has 7 heteroatoms. The van der Waals surface area contributed by atoms with Gasteiger partial charge in [-0.3, -0.25) is 4.79 Å². The first-order chi connectivity index (χ1) is 5.91. The quantitative estimate of drug-likeness (QED) is 0.433. The highest BCUT2D eigenvalue weighted by Gasteiger charge is 2.51. The van der Waals surface area contributed by atoms with Crippen LogP contribution in [0, 0.1) is 0 Å². The zero-order chi connectivity index (χ0) is 10.2. The summed E-state index contributed by atoms with van der Waals surface area (Å²) in [6.45, 7) is 1.61. The fraction of sp³-hybridized carbons (Fsp3) is 0.500. The van der Waals surface area contributed by atoms with E-state index in [9.17, 15) is 9.59 Å². The molecule has 72 valence electrons. The van der Waals surface area contributed by atoms with Gasteiger partial charge in [0.25, 0.3) is 0 Å². The number of hydrogen-bond donors (Lipinski definition) is 3. The Labute approximate surface area is 72.9 Å². The summed E-state index contributed by atoms with van der Waals surface area (Å²) in [5.41, 5.74) is -0.973. The van der Waals surface area contributed by atoms with E-state index >= 15 is 0 Å². The number of carbonyl (C=O) groups excluding carboxylic acids is 1. The third kappa shape index (κ3) is 1.27. The Bertz CT molecular complexity index is 295. The van der Waals surface area contributed by atoms with Crippen LogP contribution in [0.15, 0.2) is 5.10 Å². The van der Waals surface area contributed by atoms with Gasteiger partial charge in [-0.25, -0.2) is 9.80 Å². The van der Waals surface area contributed by atoms with Crippen molar-refractivity contribution < 1.29 is 24.9 Å². The van der Waals surface area contributed by atoms with Crippen molar-refractivity contribution in [2.75, 3.05) is 6.54 Å². The second kappa shape index (κ2) is 2.79. The van der Waals surface area contributed by atoms with Gasteiger partial charge in [-0.1, -0.05) is 0 Å². The Kier molecular flexibility index (Phi) is 2.06. The topological polar surface area (TPSA) is 110 Å². The Hall–Kier alpha value is -1.47. The number of nitrogens with zero attached hydrogens (tertiary/aromatic N) is 2. The third-order valence-corrected chi connectivity index (χ3v) is 1.59. The Morgan fingerprint density at radius 2 is 2.15 bits per heavy atom. The molecule has 0 saturated carbocycles. The summed E-state index contributed by atoms with van der Waals surface area (Å²) < 4.78 is 0. The molecular formula is C6H8N2O5. The molecule has 0 aromatic heterocycles. The summed E-state index contributed by atoms with van der Waals surface area (Å²) in [4.78, 5) is 21.4. The van der Waals surface area contributed by atoms with Crippen LogP contribution in [0.2, 0.25) is 0 Å². The third-order valence-electron chi connectivity index (χ3n) is 1.59. The van der Waals surface area contributed by atoms with Gasteiger partial charge < -0.3 is 15.3 Å². The summed E-state index contributed by atoms with van der Waals surface area (Å²) in [6, 6.07) is 0. The molecule has 0 aromatic rings. The summed E-state index contributed by atoms with van der Waals surface area (Å²) in [5.74, 6) is -5.77. The largest absolute Gasteiger partial charge is 0.477 e. The van der Waals surface area contributed by atoms with Gasteiger partial charge in [-0.05, 0) is 6.92 Å². The Morgan fingerprint density at radius 1 is 1.62 bits per heavy atom. The molecule has 1 aliphatic heterocycles. The van der Waals surface area contributed by atoms with Crippen LogP contribution in [0.25, 0.3) is 0 Å². The molecule has 1 rings (SSSR count). The average Bonchev–Trinajstić information content (AvgIpc) is 2.25. The van der Waals surface area contributed by atoms with Crippen LogP contribution in [0.1, 0.15) is 6.92 Å². The number of hydrazone groups is 1. The summed E-state index contributed by atoms with van der Waals surface area (Å²) in [6.07, 6.45) is 0. The Balaban J connectivity index is 3.08. The molecule has 7 nitrogen and oxygen atoms in total. The molecule has 0 radical (unpaired) electrons. The molecule has 1 heterocycles. The number of hydrogen-bond acceptors (Lipinski definition) is 5. The number of aliphatic carboxylic acids is 1. The monoisotopic (exact) mass is 188 g/mol. The fourth-order valence-electron chi connectivity index (χ4n) is 0.923. The highest BCUT2D eigenvalue weighted by Crippen LogP contribution is 2.17. The van der Waals surface area contributed by atoms with Crippen molar-refractivity contribution in [2.45, 2.75) is 12.7 Å². The molecule has 1 aliphatic rings. The average molecular weight is 188 g/mol. The molecule has 1 amide bonds. The zero-order valence-electron chi connectivity index (χ0n) is 6.76. The number of rotatable bonds is 2. The minimum Gasteiger partial charge on any atom is -0.477 e. The fourth-order valence-corrected chi connectivity index (χ4v) is 0.923. The van der Waals surface area contributed by atoms with Crippen molar-refractivity contribution in [1.29, 1.82) is 0 Å². The first-order valence-electron chi connectivity index (χ1n) is 3.50. The summed E-state index contributed by atoms with van der Waals surface area (Å²) in [5, 5.41) is 30.5. The number of carboxylic acid groups (broad SMARTS) is 1. The maximum absolute atomic E-state index is 11.0. The van der Waals surface area contributed by atoms with Crippen LogP contribution in [0.4, 0.5) is 0 Å². The molecule has 0 aromatic carbocycles. The highest BCUT2D eigenvalue weighted by molar-refractivity contribution is 6.44. The van der Waals surface area contributed by atoms with Crippen molar-refractivity contribution in [3.63, 3.8) is 0 Å². The van der Waals surface area contributed by atoms with E-state index in [0.717, 1.165) is 0 Å². The molecule has 13 heavy (non-hydrogen) atoms. The van der Waals surface area contributed by atoms with Crippen LogP contribution < -0.4 is 0 Å². The molecular weight excluding hydrogens is 180 g/mol. The van der Waals surface area contributed by atoms with E-state index in [0.29, 0.717) is 5.01 Å². The van der Waals surface area contributed by atoms with E-state index in [1.54, 1.807) is 0 Å². The number of likely N-dealkylation sites (N-methyl/N-ethyl adjacent to an activating group) is 1. The summed E-state index contributed by atoms with van der Waals surface area (Å²) >= 11 is 0. The van der Waals surface area contributed by atoms with Crippen LogP contribution in [0.5, 0.6) is 0 Å². The maximum atomic E-state index is 11.0. The molecule has 0 spiro atoms. The van der Waals surface area contributed by atoms with Crippen molar-refractivity contribution >= 4 is 17.6 Å². The van der Waals surface area contributed by atoms with E-state index in [2.05, 4.69) is 5.10 Å². The van der Waals surface area contributed by atoms with Crippen molar-refractivity contribution in [2.24, 2.45) is 5.10 Å². The van der Waals surface area contributed by atoms with E-state index in [4.69, 9.17) is 15.3 Å². The lowest BCUT2D eigenvalue weighted by molar-refractivity contribution is -0.169. The standard InChI is InChI=1S/C6H8N2O5/c1-2-8-5(11)6(12,13)3(7-8)4(9)10/h12-13H,2H2,1H3,(H,9,10). The minimum absolute atomic E-state index is 0.0818. The molecule has 0 fully saturated rings. The molecule has 0 bridgehead atoms. The van der Waals surface area contributed by atoms with Gasteiger partial charge in [-0.2, -0.15) is 5.10 Å². The van der Waals surface area contributed by atoms with Crippen molar-refractivity contribution in [1.82, 2.24) is 5.01 Å². The van der Waals surface area contributed by atoms with Crippen LogP contribution in [0.3, 0.4) is 0 Å². The SMILES string of the molecule is CCN1N=C(C(=O)O)C(O)(O)C1=O. The van der Waals surface area contributed by atoms with Gasteiger partial charge in [0.15, 0.2) is 0 Å². The number of carbonyl (C=O) groups is 2. The van der Waals surface area contributed by atoms with Gasteiger partial charge in [0.05, 0.1) is 0 Å². The van der Waals surface area contributed by atoms with Crippen LogP contribution >= 0.6 is 0 Å². The van der Waals surface area contributed by atoms with Gasteiger partial charge in [0.2, 0.25) is 5.71 Å². The first-order valence-corrected chi connectivity index (χ1v) is 3.50. The van der Waals surface area contributed by atoms with Crippen LogP contribution in [-0.2, 0) is 9.59 Å². The first kappa shape index (κ1) is 9.62. The predicted molar refractivity (Wildman–Crippen MR) is 39.6 cm³/mol. The molecule has 0 saturated heterocycles. The second-order valence-corrected chi connectivity index (χ2v) is 2.45. The maximum Gasteiger partial charge on any atom is 0.358 e. The van der Waals surface area contributed by atoms with E-state index in [1.165, 1.54) is 6.92 Å². The van der Waals surface area contributed by atoms with Gasteiger partial charge in [0, 0.05) is 6.54 Å². The van der Waals surface area contributed by atoms with E-state index < -0.39 is 23.4 Å². The lowest BCUT2D eigenvalue weighted by Gasteiger charge is -2.13. The Morgan fingerprint density at radius 3 is 2.38 bits per heavy atom. The number of aliphatic hydroxyl groups is 2. The molecule has 0 aliphatic carbocycles. The summed E-state index contributed by atoms with van der Waals surface area (Å²) in [7, 11) is 0. The minimum atomic E-state index is -3.00. The van der Waals surface area contributed by atoms with Gasteiger partial charge in [0.1, 0.15) is 0 Å². The molecule has 3 N–H and O–H groups in total. The van der Waals surface area contributed by atoms with Gasteiger partial charge in [-0.15, -0.1) is 0 Å².